The SMILES string of the molecule is CNC(=O)c1cc(C(=O)NCC[C@H]2CC[C@H](NC(=O)O)CC2)cn(Cc2ccccc2)c1=O. The van der Waals surface area contributed by atoms with Crippen LogP contribution in [0.3, 0.4) is 0 Å². The van der Waals surface area contributed by atoms with Crippen molar-refractivity contribution in [2.24, 2.45) is 5.92 Å². The number of nitrogens with zero attached hydrogens (tertiary/aromatic N) is 1. The van der Waals surface area contributed by atoms with Gasteiger partial charge >= 0.3 is 6.09 Å². The van der Waals surface area contributed by atoms with E-state index in [2.05, 4.69) is 16.0 Å². The van der Waals surface area contributed by atoms with E-state index >= 15 is 0 Å². The molecule has 1 aromatic heterocycles. The molecule has 3 amide bonds. The van der Waals surface area contributed by atoms with Crippen LogP contribution in [-0.2, 0) is 6.54 Å². The fourth-order valence-electron chi connectivity index (χ4n) is 4.22. The summed E-state index contributed by atoms with van der Waals surface area (Å²) in [6.45, 7) is 0.714. The molecule has 9 nitrogen and oxygen atoms in total. The Morgan fingerprint density at radius 2 is 1.76 bits per heavy atom. The predicted molar refractivity (Wildman–Crippen MR) is 123 cm³/mol. The Morgan fingerprint density at radius 1 is 1.06 bits per heavy atom. The zero-order valence-corrected chi connectivity index (χ0v) is 18.7. The number of nitrogens with one attached hydrogen (secondary N) is 3. The molecule has 0 saturated heterocycles. The highest BCUT2D eigenvalue weighted by Crippen LogP contribution is 2.26. The van der Waals surface area contributed by atoms with Gasteiger partial charge in [0.2, 0.25) is 0 Å². The van der Waals surface area contributed by atoms with Gasteiger partial charge < -0.3 is 25.6 Å². The number of hydrogen-bond donors (Lipinski definition) is 4. The van der Waals surface area contributed by atoms with Gasteiger partial charge in [-0.2, -0.15) is 0 Å². The molecule has 1 heterocycles. The standard InChI is InChI=1S/C24H30N4O5/c1-25-22(30)20-13-18(15-28(23(20)31)14-17-5-3-2-4-6-17)21(29)26-12-11-16-7-9-19(10-8-16)27-24(32)33/h2-6,13,15-16,19,27H,7-12,14H2,1H3,(H,25,30)(H,26,29)(H,32,33)/t16-,19-. The second-order valence-corrected chi connectivity index (χ2v) is 8.35. The van der Waals surface area contributed by atoms with Crippen molar-refractivity contribution in [3.63, 3.8) is 0 Å². The number of benzene rings is 1. The molecule has 1 aromatic carbocycles. The van der Waals surface area contributed by atoms with Crippen LogP contribution >= 0.6 is 0 Å². The first-order valence-electron chi connectivity index (χ1n) is 11.2. The van der Waals surface area contributed by atoms with Crippen molar-refractivity contribution < 1.29 is 19.5 Å². The molecular formula is C24H30N4O5. The van der Waals surface area contributed by atoms with Gasteiger partial charge in [-0.1, -0.05) is 30.3 Å². The fourth-order valence-corrected chi connectivity index (χ4v) is 4.22. The summed E-state index contributed by atoms with van der Waals surface area (Å²) in [4.78, 5) is 48.6. The molecular weight excluding hydrogens is 424 g/mol. The lowest BCUT2D eigenvalue weighted by atomic mass is 9.84. The van der Waals surface area contributed by atoms with Crippen molar-refractivity contribution in [2.75, 3.05) is 13.6 Å². The lowest BCUT2D eigenvalue weighted by Gasteiger charge is -2.28. The number of carboxylic acid groups (broad SMARTS) is 1. The molecule has 1 aliphatic rings. The van der Waals surface area contributed by atoms with E-state index in [0.717, 1.165) is 37.7 Å². The van der Waals surface area contributed by atoms with Crippen molar-refractivity contribution in [2.45, 2.75) is 44.7 Å². The first kappa shape index (κ1) is 24.0. The molecule has 176 valence electrons. The Balaban J connectivity index is 1.64. The van der Waals surface area contributed by atoms with Crippen LogP contribution in [0.25, 0.3) is 0 Å². The molecule has 9 heteroatoms. The maximum Gasteiger partial charge on any atom is 0.404 e. The van der Waals surface area contributed by atoms with E-state index in [-0.39, 0.29) is 29.6 Å². The first-order valence-corrected chi connectivity index (χ1v) is 11.2. The molecule has 4 N–H and O–H groups in total. The third-order valence-electron chi connectivity index (χ3n) is 6.03. The van der Waals surface area contributed by atoms with Gasteiger partial charge in [0.25, 0.3) is 17.4 Å². The lowest BCUT2D eigenvalue weighted by Crippen LogP contribution is -2.37. The van der Waals surface area contributed by atoms with Crippen LogP contribution in [-0.4, -0.2) is 47.2 Å². The first-order chi connectivity index (χ1) is 15.9. The molecule has 0 radical (unpaired) electrons. The molecule has 1 aliphatic carbocycles. The highest BCUT2D eigenvalue weighted by molar-refractivity contribution is 5.99. The number of pyridine rings is 1. The minimum atomic E-state index is -0.990. The van der Waals surface area contributed by atoms with Crippen molar-refractivity contribution in [1.29, 1.82) is 0 Å². The highest BCUT2D eigenvalue weighted by Gasteiger charge is 2.22. The third kappa shape index (κ3) is 6.68. The van der Waals surface area contributed by atoms with E-state index in [1.54, 1.807) is 0 Å². The average molecular weight is 455 g/mol. The number of rotatable bonds is 8. The molecule has 0 spiro atoms. The third-order valence-corrected chi connectivity index (χ3v) is 6.03. The van der Waals surface area contributed by atoms with Crippen LogP contribution < -0.4 is 21.5 Å². The molecule has 0 unspecified atom stereocenters. The average Bonchev–Trinajstić information content (AvgIpc) is 2.81. The van der Waals surface area contributed by atoms with Gasteiger partial charge in [0.05, 0.1) is 12.1 Å². The van der Waals surface area contributed by atoms with E-state index in [9.17, 15) is 19.2 Å². The second-order valence-electron chi connectivity index (χ2n) is 8.35. The largest absolute Gasteiger partial charge is 0.465 e. The summed E-state index contributed by atoms with van der Waals surface area (Å²) in [6.07, 6.45) is 4.69. The van der Waals surface area contributed by atoms with Gasteiger partial charge in [-0.25, -0.2) is 4.79 Å². The second kappa shape index (κ2) is 11.3. The van der Waals surface area contributed by atoms with Gasteiger partial charge in [0, 0.05) is 25.8 Å². The molecule has 0 aliphatic heterocycles. The van der Waals surface area contributed by atoms with E-state index in [1.807, 2.05) is 30.3 Å². The zero-order chi connectivity index (χ0) is 23.8. The summed E-state index contributed by atoms with van der Waals surface area (Å²) >= 11 is 0. The molecule has 2 aromatic rings. The Kier molecular flexibility index (Phi) is 8.23. The van der Waals surface area contributed by atoms with Gasteiger partial charge in [0.15, 0.2) is 0 Å². The number of carbonyl (C=O) groups excluding carboxylic acids is 2. The Labute approximate surface area is 192 Å². The topological polar surface area (TPSA) is 130 Å². The summed E-state index contributed by atoms with van der Waals surface area (Å²) in [5.41, 5.74) is 0.596. The summed E-state index contributed by atoms with van der Waals surface area (Å²) in [7, 11) is 1.44. The molecule has 1 saturated carbocycles. The summed E-state index contributed by atoms with van der Waals surface area (Å²) in [6, 6.07) is 10.7. The summed E-state index contributed by atoms with van der Waals surface area (Å²) in [5, 5.41) is 16.7. The van der Waals surface area contributed by atoms with Gasteiger partial charge in [-0.05, 0) is 49.7 Å². The van der Waals surface area contributed by atoms with Crippen molar-refractivity contribution in [3.05, 3.63) is 69.6 Å². The Hall–Kier alpha value is -3.62. The van der Waals surface area contributed by atoms with Gasteiger partial charge in [-0.3, -0.25) is 14.4 Å². The Morgan fingerprint density at radius 3 is 2.39 bits per heavy atom. The fraction of sp³-hybridized carbons (Fsp3) is 0.417. The maximum atomic E-state index is 12.8. The lowest BCUT2D eigenvalue weighted by molar-refractivity contribution is 0.0948. The van der Waals surface area contributed by atoms with Crippen LogP contribution in [0.15, 0.2) is 47.4 Å². The van der Waals surface area contributed by atoms with Crippen molar-refractivity contribution >= 4 is 17.9 Å². The summed E-state index contributed by atoms with van der Waals surface area (Å²) in [5.74, 6) is -0.461. The smallest absolute Gasteiger partial charge is 0.404 e. The molecule has 0 atom stereocenters. The zero-order valence-electron chi connectivity index (χ0n) is 18.7. The normalized spacial score (nSPS) is 17.7. The molecule has 1 fully saturated rings. The van der Waals surface area contributed by atoms with Crippen LogP contribution in [0.4, 0.5) is 4.79 Å². The van der Waals surface area contributed by atoms with Gasteiger partial charge in [0.1, 0.15) is 5.56 Å². The number of carbonyl (C=O) groups is 3. The summed E-state index contributed by atoms with van der Waals surface area (Å²) < 4.78 is 1.38. The van der Waals surface area contributed by atoms with Crippen LogP contribution in [0.5, 0.6) is 0 Å². The minimum Gasteiger partial charge on any atom is -0.465 e. The van der Waals surface area contributed by atoms with E-state index in [1.165, 1.54) is 23.9 Å². The molecule has 33 heavy (non-hydrogen) atoms. The van der Waals surface area contributed by atoms with Crippen molar-refractivity contribution in [1.82, 2.24) is 20.5 Å². The van der Waals surface area contributed by atoms with Gasteiger partial charge in [-0.15, -0.1) is 0 Å². The van der Waals surface area contributed by atoms with E-state index in [4.69, 9.17) is 5.11 Å². The van der Waals surface area contributed by atoms with Crippen LogP contribution in [0, 0.1) is 5.92 Å². The van der Waals surface area contributed by atoms with E-state index < -0.39 is 17.6 Å². The minimum absolute atomic E-state index is 0.00198. The van der Waals surface area contributed by atoms with Crippen molar-refractivity contribution in [3.8, 4) is 0 Å². The van der Waals surface area contributed by atoms with Crippen LogP contribution in [0.1, 0.15) is 58.4 Å². The Bertz CT molecular complexity index is 1040. The maximum absolute atomic E-state index is 12.8. The number of amides is 3. The van der Waals surface area contributed by atoms with Crippen LogP contribution in [0.2, 0.25) is 0 Å². The number of aromatic nitrogens is 1. The monoisotopic (exact) mass is 454 g/mol. The molecule has 0 bridgehead atoms. The quantitative estimate of drug-likeness (QED) is 0.486. The number of hydrogen-bond acceptors (Lipinski definition) is 4. The predicted octanol–water partition coefficient (Wildman–Crippen LogP) is 2.20. The van der Waals surface area contributed by atoms with E-state index in [0.29, 0.717) is 12.5 Å². The molecule has 3 rings (SSSR count). The highest BCUT2D eigenvalue weighted by atomic mass is 16.4.